The second-order valence-corrected chi connectivity index (χ2v) is 4.91. The molecule has 0 aliphatic carbocycles. The topological polar surface area (TPSA) is 91.8 Å². The number of rotatable bonds is 5. The van der Waals surface area contributed by atoms with Crippen molar-refractivity contribution in [1.82, 2.24) is 10.2 Å². The number of hydrogen-bond acceptors (Lipinski definition) is 5. The summed E-state index contributed by atoms with van der Waals surface area (Å²) in [6.45, 7) is 0. The molecule has 0 amide bonds. The van der Waals surface area contributed by atoms with Gasteiger partial charge in [0.2, 0.25) is 0 Å². The molecule has 2 aromatic carbocycles. The van der Waals surface area contributed by atoms with E-state index in [0.29, 0.717) is 22.9 Å². The molecule has 7 nitrogen and oxygen atoms in total. The molecule has 7 heteroatoms. The van der Waals surface area contributed by atoms with Gasteiger partial charge in [0.1, 0.15) is 0 Å². The van der Waals surface area contributed by atoms with Gasteiger partial charge in [-0.15, -0.1) is 5.11 Å². The van der Waals surface area contributed by atoms with Crippen LogP contribution in [-0.4, -0.2) is 24.4 Å². The number of ether oxygens (including phenoxy) is 2. The van der Waals surface area contributed by atoms with Gasteiger partial charge in [0.15, 0.2) is 17.2 Å². The van der Waals surface area contributed by atoms with Crippen LogP contribution >= 0.6 is 0 Å². The summed E-state index contributed by atoms with van der Waals surface area (Å²) in [6, 6.07) is 14.5. The van der Waals surface area contributed by atoms with Crippen molar-refractivity contribution in [2.45, 2.75) is 0 Å². The molecule has 1 aromatic heterocycles. The van der Waals surface area contributed by atoms with E-state index < -0.39 is 0 Å². The molecular weight excluding hydrogens is 308 g/mol. The Morgan fingerprint density at radius 1 is 0.875 bits per heavy atom. The summed E-state index contributed by atoms with van der Waals surface area (Å²) >= 11 is 0. The Kier molecular flexibility index (Phi) is 4.42. The van der Waals surface area contributed by atoms with Crippen LogP contribution in [0.1, 0.15) is 0 Å². The molecule has 0 radical (unpaired) electrons. The zero-order valence-corrected chi connectivity index (χ0v) is 13.2. The van der Waals surface area contributed by atoms with Crippen LogP contribution in [0.4, 0.5) is 11.4 Å². The van der Waals surface area contributed by atoms with Gasteiger partial charge in [-0.2, -0.15) is 5.11 Å². The Balaban J connectivity index is 2.02. The van der Waals surface area contributed by atoms with Crippen LogP contribution in [0.5, 0.6) is 11.5 Å². The molecule has 0 fully saturated rings. The molecule has 0 unspecified atom stereocenters. The Labute approximate surface area is 138 Å². The van der Waals surface area contributed by atoms with Crippen molar-refractivity contribution in [3.8, 4) is 22.8 Å². The first-order chi connectivity index (χ1) is 11.7. The van der Waals surface area contributed by atoms with Gasteiger partial charge in [-0.05, 0) is 30.3 Å². The van der Waals surface area contributed by atoms with Gasteiger partial charge in [-0.3, -0.25) is 15.0 Å². The summed E-state index contributed by atoms with van der Waals surface area (Å²) in [5.41, 5.74) is 1.77. The maximum absolute atomic E-state index is 12.0. The van der Waals surface area contributed by atoms with Crippen molar-refractivity contribution in [3.63, 3.8) is 0 Å². The average Bonchev–Trinajstić information content (AvgIpc) is 3.00. The van der Waals surface area contributed by atoms with E-state index in [1.54, 1.807) is 38.5 Å². The third-order valence-electron chi connectivity index (χ3n) is 3.45. The van der Waals surface area contributed by atoms with Crippen LogP contribution in [0.25, 0.3) is 11.3 Å². The molecule has 0 bridgehead atoms. The van der Waals surface area contributed by atoms with Crippen LogP contribution in [-0.2, 0) is 0 Å². The lowest BCUT2D eigenvalue weighted by Gasteiger charge is -2.08. The maximum Gasteiger partial charge on any atom is 0.292 e. The highest BCUT2D eigenvalue weighted by atomic mass is 16.5. The van der Waals surface area contributed by atoms with Gasteiger partial charge >= 0.3 is 0 Å². The van der Waals surface area contributed by atoms with Gasteiger partial charge < -0.3 is 9.47 Å². The predicted octanol–water partition coefficient (Wildman–Crippen LogP) is 3.80. The van der Waals surface area contributed by atoms with Crippen molar-refractivity contribution in [2.24, 2.45) is 10.2 Å². The van der Waals surface area contributed by atoms with Crippen LogP contribution in [0.3, 0.4) is 0 Å². The predicted molar refractivity (Wildman–Crippen MR) is 90.6 cm³/mol. The minimum atomic E-state index is -0.348. The lowest BCUT2D eigenvalue weighted by molar-refractivity contribution is 0.355. The second-order valence-electron chi connectivity index (χ2n) is 4.91. The first-order valence-corrected chi connectivity index (χ1v) is 7.22. The molecule has 0 saturated carbocycles. The molecule has 0 saturated heterocycles. The Bertz CT molecular complexity index is 913. The van der Waals surface area contributed by atoms with Crippen molar-refractivity contribution >= 4 is 11.4 Å². The highest BCUT2D eigenvalue weighted by Crippen LogP contribution is 2.34. The first-order valence-electron chi connectivity index (χ1n) is 7.22. The molecule has 1 heterocycles. The number of methoxy groups -OCH3 is 2. The zero-order chi connectivity index (χ0) is 16.9. The number of nitrogens with zero attached hydrogens (tertiary/aromatic N) is 2. The standard InChI is InChI=1S/C17H16N4O3/c1-23-13-9-8-11(10-14(13)24-2)15-16(17(22)21-19-15)20-18-12-6-4-3-5-7-12/h3-10H,1-2H3,(H2,19,21,22). The highest BCUT2D eigenvalue weighted by Gasteiger charge is 2.14. The number of aromatic amines is 2. The van der Waals surface area contributed by atoms with E-state index in [9.17, 15) is 4.79 Å². The third kappa shape index (κ3) is 3.05. The summed E-state index contributed by atoms with van der Waals surface area (Å²) in [4.78, 5) is 12.0. The lowest BCUT2D eigenvalue weighted by atomic mass is 10.1. The molecule has 0 spiro atoms. The van der Waals surface area contributed by atoms with E-state index in [-0.39, 0.29) is 11.2 Å². The monoisotopic (exact) mass is 324 g/mol. The Morgan fingerprint density at radius 3 is 2.33 bits per heavy atom. The summed E-state index contributed by atoms with van der Waals surface area (Å²) in [6.07, 6.45) is 0. The Hall–Kier alpha value is -3.35. The molecular formula is C17H16N4O3. The van der Waals surface area contributed by atoms with E-state index in [1.807, 2.05) is 24.3 Å². The number of nitrogens with one attached hydrogen (secondary N) is 2. The maximum atomic E-state index is 12.0. The second kappa shape index (κ2) is 6.82. The molecule has 2 N–H and O–H groups in total. The first kappa shape index (κ1) is 15.5. The van der Waals surface area contributed by atoms with E-state index in [2.05, 4.69) is 20.4 Å². The van der Waals surface area contributed by atoms with Crippen LogP contribution in [0.2, 0.25) is 0 Å². The van der Waals surface area contributed by atoms with Crippen molar-refractivity contribution in [1.29, 1.82) is 0 Å². The van der Waals surface area contributed by atoms with Gasteiger partial charge in [0.05, 0.1) is 25.6 Å². The number of aromatic nitrogens is 2. The van der Waals surface area contributed by atoms with Gasteiger partial charge in [-0.25, -0.2) is 0 Å². The Morgan fingerprint density at radius 2 is 1.62 bits per heavy atom. The molecule has 24 heavy (non-hydrogen) atoms. The van der Waals surface area contributed by atoms with Gasteiger partial charge in [0.25, 0.3) is 5.56 Å². The average molecular weight is 324 g/mol. The summed E-state index contributed by atoms with van der Waals surface area (Å²) in [7, 11) is 3.12. The van der Waals surface area contributed by atoms with E-state index in [4.69, 9.17) is 9.47 Å². The fraction of sp³-hybridized carbons (Fsp3) is 0.118. The molecule has 0 aliphatic rings. The number of azo groups is 1. The van der Waals surface area contributed by atoms with E-state index in [0.717, 1.165) is 5.56 Å². The summed E-state index contributed by atoms with van der Waals surface area (Å²) in [5, 5.41) is 13.5. The minimum Gasteiger partial charge on any atom is -0.493 e. The fourth-order valence-corrected chi connectivity index (χ4v) is 2.25. The van der Waals surface area contributed by atoms with Crippen LogP contribution in [0.15, 0.2) is 63.6 Å². The normalized spacial score (nSPS) is 10.9. The SMILES string of the molecule is COc1ccc(-c2[nH][nH]c(=O)c2N=Nc2ccccc2)cc1OC. The lowest BCUT2D eigenvalue weighted by Crippen LogP contribution is -1.96. The zero-order valence-electron chi connectivity index (χ0n) is 13.2. The largest absolute Gasteiger partial charge is 0.493 e. The van der Waals surface area contributed by atoms with E-state index >= 15 is 0 Å². The number of hydrogen-bond donors (Lipinski definition) is 2. The number of benzene rings is 2. The number of H-pyrrole nitrogens is 2. The van der Waals surface area contributed by atoms with E-state index in [1.165, 1.54) is 0 Å². The molecule has 122 valence electrons. The van der Waals surface area contributed by atoms with Crippen molar-refractivity contribution in [2.75, 3.05) is 14.2 Å². The summed E-state index contributed by atoms with van der Waals surface area (Å²) in [5.74, 6) is 1.16. The molecule has 3 rings (SSSR count). The minimum absolute atomic E-state index is 0.200. The van der Waals surface area contributed by atoms with Crippen LogP contribution in [0, 0.1) is 0 Å². The molecule has 3 aromatic rings. The summed E-state index contributed by atoms with van der Waals surface area (Å²) < 4.78 is 10.5. The molecule has 0 aliphatic heterocycles. The highest BCUT2D eigenvalue weighted by molar-refractivity contribution is 5.73. The third-order valence-corrected chi connectivity index (χ3v) is 3.45. The fourth-order valence-electron chi connectivity index (χ4n) is 2.25. The molecule has 0 atom stereocenters. The van der Waals surface area contributed by atoms with Crippen molar-refractivity contribution in [3.05, 3.63) is 58.9 Å². The quantitative estimate of drug-likeness (QED) is 0.699. The van der Waals surface area contributed by atoms with Gasteiger partial charge in [-0.1, -0.05) is 18.2 Å². The van der Waals surface area contributed by atoms with Crippen molar-refractivity contribution < 1.29 is 9.47 Å². The van der Waals surface area contributed by atoms with Gasteiger partial charge in [0, 0.05) is 5.56 Å². The smallest absolute Gasteiger partial charge is 0.292 e. The van der Waals surface area contributed by atoms with Crippen LogP contribution < -0.4 is 15.0 Å².